The van der Waals surface area contributed by atoms with Gasteiger partial charge in [-0.05, 0) is 19.6 Å². The van der Waals surface area contributed by atoms with Crippen molar-refractivity contribution >= 4 is 28.8 Å². The molecule has 7 nitrogen and oxygen atoms in total. The van der Waals surface area contributed by atoms with Crippen LogP contribution in [-0.2, 0) is 11.3 Å². The Balaban J connectivity index is 2.84. The molecule has 0 saturated heterocycles. The number of hydrogen-bond acceptors (Lipinski definition) is 7. The molecular weight excluding hydrogens is 306 g/mol. The summed E-state index contributed by atoms with van der Waals surface area (Å²) in [5.41, 5.74) is -0.656. The maximum absolute atomic E-state index is 12.5. The Labute approximate surface area is 131 Å². The molecule has 0 bridgehead atoms. The fourth-order valence-corrected chi connectivity index (χ4v) is 2.45. The van der Waals surface area contributed by atoms with E-state index in [2.05, 4.69) is 9.97 Å². The van der Waals surface area contributed by atoms with Crippen molar-refractivity contribution in [3.05, 3.63) is 22.1 Å². The molecule has 0 aliphatic rings. The zero-order valence-corrected chi connectivity index (χ0v) is 13.4. The molecular formula is C14H17N3O4S. The second-order valence-electron chi connectivity index (χ2n) is 4.49. The van der Waals surface area contributed by atoms with Gasteiger partial charge in [-0.25, -0.2) is 14.8 Å². The molecule has 8 heteroatoms. The van der Waals surface area contributed by atoms with Crippen molar-refractivity contribution in [2.24, 2.45) is 0 Å². The molecule has 2 aromatic heterocycles. The van der Waals surface area contributed by atoms with Crippen molar-refractivity contribution < 1.29 is 14.6 Å². The van der Waals surface area contributed by atoms with E-state index in [4.69, 9.17) is 4.74 Å². The van der Waals surface area contributed by atoms with Crippen molar-refractivity contribution in [2.45, 2.75) is 32.0 Å². The van der Waals surface area contributed by atoms with Gasteiger partial charge in [0.15, 0.2) is 16.4 Å². The smallest absolute Gasteiger partial charge is 0.347 e. The van der Waals surface area contributed by atoms with Crippen LogP contribution in [0, 0.1) is 0 Å². The fraction of sp³-hybridized carbons (Fsp3) is 0.429. The highest BCUT2D eigenvalue weighted by molar-refractivity contribution is 7.98. The highest BCUT2D eigenvalue weighted by Gasteiger charge is 2.24. The summed E-state index contributed by atoms with van der Waals surface area (Å²) in [5.74, 6) is -1.27. The van der Waals surface area contributed by atoms with E-state index in [1.165, 1.54) is 22.5 Å². The molecule has 0 spiro atoms. The highest BCUT2D eigenvalue weighted by Crippen LogP contribution is 2.26. The first-order chi connectivity index (χ1) is 10.5. The van der Waals surface area contributed by atoms with Crippen LogP contribution in [-0.4, -0.2) is 38.5 Å². The maximum atomic E-state index is 12.5. The number of nitrogens with zero attached hydrogens (tertiary/aromatic N) is 3. The van der Waals surface area contributed by atoms with Gasteiger partial charge in [-0.15, -0.1) is 0 Å². The molecule has 0 radical (unpaired) electrons. The van der Waals surface area contributed by atoms with E-state index in [1.807, 2.05) is 13.2 Å². The van der Waals surface area contributed by atoms with Crippen LogP contribution in [0.1, 0.15) is 30.6 Å². The number of carbonyl (C=O) groups excluding carboxylic acids is 1. The number of esters is 1. The van der Waals surface area contributed by atoms with E-state index in [9.17, 15) is 14.7 Å². The molecule has 0 unspecified atom stereocenters. The maximum Gasteiger partial charge on any atom is 0.347 e. The van der Waals surface area contributed by atoms with Gasteiger partial charge >= 0.3 is 5.97 Å². The summed E-state index contributed by atoms with van der Waals surface area (Å²) in [6, 6.07) is 0. The molecule has 2 heterocycles. The Morgan fingerprint density at radius 1 is 1.45 bits per heavy atom. The molecule has 0 atom stereocenters. The van der Waals surface area contributed by atoms with Gasteiger partial charge in [0.05, 0.1) is 12.0 Å². The van der Waals surface area contributed by atoms with Gasteiger partial charge in [-0.3, -0.25) is 9.36 Å². The van der Waals surface area contributed by atoms with Gasteiger partial charge in [-0.2, -0.15) is 0 Å². The van der Waals surface area contributed by atoms with Gasteiger partial charge in [0.2, 0.25) is 0 Å². The predicted octanol–water partition coefficient (Wildman–Crippen LogP) is 1.81. The first-order valence-electron chi connectivity index (χ1n) is 6.88. The predicted molar refractivity (Wildman–Crippen MR) is 83.5 cm³/mol. The summed E-state index contributed by atoms with van der Waals surface area (Å²) < 4.78 is 6.24. The molecule has 0 saturated carbocycles. The van der Waals surface area contributed by atoms with Crippen molar-refractivity contribution in [2.75, 3.05) is 12.9 Å². The van der Waals surface area contributed by atoms with Crippen LogP contribution < -0.4 is 5.56 Å². The van der Waals surface area contributed by atoms with Crippen LogP contribution in [0.25, 0.3) is 11.0 Å². The second kappa shape index (κ2) is 6.78. The Hall–Kier alpha value is -2.09. The topological polar surface area (TPSA) is 94.3 Å². The molecule has 0 aliphatic carbocycles. The Kier molecular flexibility index (Phi) is 5.02. The van der Waals surface area contributed by atoms with Crippen molar-refractivity contribution in [3.8, 4) is 5.75 Å². The largest absolute Gasteiger partial charge is 0.506 e. The standard InChI is InChI=1S/C14H17N3O4S/c1-4-6-17-11-8(7-15-14(16-11)22-3)10(18)9(12(17)19)13(20)21-5-2/h7,18H,4-6H2,1-3H3. The number of carbonyl (C=O) groups is 1. The average molecular weight is 323 g/mol. The van der Waals surface area contributed by atoms with Crippen LogP contribution in [0.15, 0.2) is 16.1 Å². The monoisotopic (exact) mass is 323 g/mol. The lowest BCUT2D eigenvalue weighted by atomic mass is 10.2. The second-order valence-corrected chi connectivity index (χ2v) is 5.27. The first kappa shape index (κ1) is 16.3. The molecule has 0 amide bonds. The third-order valence-corrected chi connectivity index (χ3v) is 3.62. The summed E-state index contributed by atoms with van der Waals surface area (Å²) in [6.45, 7) is 4.04. The lowest BCUT2D eigenvalue weighted by Crippen LogP contribution is -2.28. The number of aryl methyl sites for hydroxylation is 1. The van der Waals surface area contributed by atoms with E-state index in [1.54, 1.807) is 6.92 Å². The quantitative estimate of drug-likeness (QED) is 0.509. The van der Waals surface area contributed by atoms with E-state index in [-0.39, 0.29) is 17.6 Å². The lowest BCUT2D eigenvalue weighted by Gasteiger charge is -2.13. The number of pyridine rings is 1. The first-order valence-corrected chi connectivity index (χ1v) is 8.11. The fourth-order valence-electron chi connectivity index (χ4n) is 2.11. The molecule has 22 heavy (non-hydrogen) atoms. The van der Waals surface area contributed by atoms with E-state index in [0.29, 0.717) is 23.8 Å². The summed E-state index contributed by atoms with van der Waals surface area (Å²) >= 11 is 1.33. The van der Waals surface area contributed by atoms with Crippen LogP contribution >= 0.6 is 11.8 Å². The number of hydrogen-bond donors (Lipinski definition) is 1. The minimum Gasteiger partial charge on any atom is -0.506 e. The lowest BCUT2D eigenvalue weighted by molar-refractivity contribution is 0.0520. The molecule has 1 N–H and O–H groups in total. The Morgan fingerprint density at radius 3 is 2.77 bits per heavy atom. The van der Waals surface area contributed by atoms with Crippen molar-refractivity contribution in [3.63, 3.8) is 0 Å². The van der Waals surface area contributed by atoms with Gasteiger partial charge in [0.1, 0.15) is 5.75 Å². The number of aromatic hydroxyl groups is 1. The molecule has 0 fully saturated rings. The van der Waals surface area contributed by atoms with Crippen LogP contribution in [0.4, 0.5) is 0 Å². The van der Waals surface area contributed by atoms with Gasteiger partial charge in [0.25, 0.3) is 5.56 Å². The molecule has 2 rings (SSSR count). The minimum absolute atomic E-state index is 0.117. The van der Waals surface area contributed by atoms with E-state index >= 15 is 0 Å². The molecule has 2 aromatic rings. The van der Waals surface area contributed by atoms with Crippen LogP contribution in [0.2, 0.25) is 0 Å². The summed E-state index contributed by atoms with van der Waals surface area (Å²) in [7, 11) is 0. The SMILES string of the molecule is CCCn1c(=O)c(C(=O)OCC)c(O)c2cnc(SC)nc21. The zero-order valence-electron chi connectivity index (χ0n) is 12.6. The molecule has 0 aliphatic heterocycles. The third-order valence-electron chi connectivity index (χ3n) is 3.06. The Bertz CT molecular complexity index is 773. The number of thioether (sulfide) groups is 1. The number of fused-ring (bicyclic) bond motifs is 1. The van der Waals surface area contributed by atoms with Gasteiger partial charge in [0, 0.05) is 12.7 Å². The van der Waals surface area contributed by atoms with Crippen LogP contribution in [0.3, 0.4) is 0 Å². The van der Waals surface area contributed by atoms with Crippen molar-refractivity contribution in [1.29, 1.82) is 0 Å². The molecule has 0 aromatic carbocycles. The Morgan fingerprint density at radius 2 is 2.18 bits per heavy atom. The average Bonchev–Trinajstić information content (AvgIpc) is 2.51. The van der Waals surface area contributed by atoms with Gasteiger partial charge in [-0.1, -0.05) is 18.7 Å². The number of ether oxygens (including phenoxy) is 1. The van der Waals surface area contributed by atoms with E-state index < -0.39 is 17.3 Å². The van der Waals surface area contributed by atoms with Crippen molar-refractivity contribution in [1.82, 2.24) is 14.5 Å². The zero-order chi connectivity index (χ0) is 16.3. The number of rotatable bonds is 5. The summed E-state index contributed by atoms with van der Waals surface area (Å²) in [5, 5.41) is 11.0. The number of aromatic nitrogens is 3. The van der Waals surface area contributed by atoms with Crippen LogP contribution in [0.5, 0.6) is 5.75 Å². The molecule has 118 valence electrons. The van der Waals surface area contributed by atoms with E-state index in [0.717, 1.165) is 0 Å². The highest BCUT2D eigenvalue weighted by atomic mass is 32.2. The summed E-state index contributed by atoms with van der Waals surface area (Å²) in [6.07, 6.45) is 3.91. The third kappa shape index (κ3) is 2.78. The van der Waals surface area contributed by atoms with Gasteiger partial charge < -0.3 is 9.84 Å². The normalized spacial score (nSPS) is 10.9. The summed E-state index contributed by atoms with van der Waals surface area (Å²) in [4.78, 5) is 32.9. The minimum atomic E-state index is -0.842.